The van der Waals surface area contributed by atoms with Crippen molar-refractivity contribution in [2.45, 2.75) is 56.8 Å². The summed E-state index contributed by atoms with van der Waals surface area (Å²) in [7, 11) is 0. The van der Waals surface area contributed by atoms with Crippen molar-refractivity contribution >= 4 is 29.8 Å². The standard InChI is InChI=1S/C34H35NO11/c1-22(36)35-28-30(46-33(41)25-17-9-4-10-18-25)29(45-32(40)24-15-7-3-8-16-24)26(21-43-31(39)23-13-5-2-6-14-23)44-34(28)42-20-12-11-19-27(37)38/h2-10,13-18,26,28-30,34H,11-12,19-21H2,1H3,(H,35,36)(H,37,38)/t26?,28-,29-,30?,34+/m0/s1. The molecular formula is C34H35NO11. The van der Waals surface area contributed by atoms with Gasteiger partial charge in [-0.15, -0.1) is 0 Å². The molecule has 0 aliphatic carbocycles. The second kappa shape index (κ2) is 16.8. The minimum atomic E-state index is -1.38. The van der Waals surface area contributed by atoms with E-state index >= 15 is 0 Å². The molecule has 0 spiro atoms. The largest absolute Gasteiger partial charge is 0.481 e. The third-order valence-electron chi connectivity index (χ3n) is 6.98. The summed E-state index contributed by atoms with van der Waals surface area (Å²) in [5, 5.41) is 11.7. The van der Waals surface area contributed by atoms with Crippen LogP contribution in [0.5, 0.6) is 0 Å². The van der Waals surface area contributed by atoms with Crippen molar-refractivity contribution in [1.29, 1.82) is 0 Å². The van der Waals surface area contributed by atoms with Gasteiger partial charge < -0.3 is 34.1 Å². The van der Waals surface area contributed by atoms with Gasteiger partial charge in [0.2, 0.25) is 5.91 Å². The lowest BCUT2D eigenvalue weighted by atomic mass is 9.95. The number of carbonyl (C=O) groups excluding carboxylic acids is 4. The van der Waals surface area contributed by atoms with Gasteiger partial charge in [-0.2, -0.15) is 0 Å². The van der Waals surface area contributed by atoms with E-state index in [1.807, 2.05) is 0 Å². The average molecular weight is 634 g/mol. The molecule has 1 heterocycles. The predicted molar refractivity (Wildman–Crippen MR) is 162 cm³/mol. The molecule has 1 saturated heterocycles. The van der Waals surface area contributed by atoms with E-state index in [1.165, 1.54) is 31.2 Å². The third kappa shape index (κ3) is 9.71. The van der Waals surface area contributed by atoms with Crippen LogP contribution >= 0.6 is 0 Å². The summed E-state index contributed by atoms with van der Waals surface area (Å²) in [6, 6.07) is 23.2. The molecule has 5 atom stereocenters. The van der Waals surface area contributed by atoms with Gasteiger partial charge in [0.1, 0.15) is 18.8 Å². The summed E-state index contributed by atoms with van der Waals surface area (Å²) in [6.07, 6.45) is -4.66. The highest BCUT2D eigenvalue weighted by Gasteiger charge is 2.52. The van der Waals surface area contributed by atoms with E-state index in [1.54, 1.807) is 66.7 Å². The maximum absolute atomic E-state index is 13.4. The van der Waals surface area contributed by atoms with E-state index < -0.39 is 67.0 Å². The number of esters is 3. The minimum Gasteiger partial charge on any atom is -0.481 e. The Morgan fingerprint density at radius 1 is 0.717 bits per heavy atom. The summed E-state index contributed by atoms with van der Waals surface area (Å²) in [5.74, 6) is -3.70. The fourth-order valence-corrected chi connectivity index (χ4v) is 4.78. The topological polar surface area (TPSA) is 164 Å². The van der Waals surface area contributed by atoms with Crippen LogP contribution in [0.4, 0.5) is 0 Å². The molecule has 2 N–H and O–H groups in total. The maximum Gasteiger partial charge on any atom is 0.338 e. The number of hydrogen-bond donors (Lipinski definition) is 2. The molecule has 0 bridgehead atoms. The normalized spacial score (nSPS) is 20.6. The zero-order chi connectivity index (χ0) is 32.9. The lowest BCUT2D eigenvalue weighted by Gasteiger charge is -2.45. The summed E-state index contributed by atoms with van der Waals surface area (Å²) >= 11 is 0. The molecule has 46 heavy (non-hydrogen) atoms. The molecule has 4 rings (SSSR count). The molecule has 1 fully saturated rings. The highest BCUT2D eigenvalue weighted by molar-refractivity contribution is 5.91. The molecule has 3 aromatic carbocycles. The van der Waals surface area contributed by atoms with Crippen LogP contribution in [0.3, 0.4) is 0 Å². The Balaban J connectivity index is 1.68. The molecule has 1 aliphatic rings. The molecule has 1 aliphatic heterocycles. The summed E-state index contributed by atoms with van der Waals surface area (Å²) in [6.45, 7) is 0.836. The maximum atomic E-state index is 13.4. The molecular weight excluding hydrogens is 598 g/mol. The van der Waals surface area contributed by atoms with Crippen molar-refractivity contribution in [2.24, 2.45) is 0 Å². The van der Waals surface area contributed by atoms with Crippen molar-refractivity contribution in [3.8, 4) is 0 Å². The lowest BCUT2D eigenvalue weighted by molar-refractivity contribution is -0.269. The SMILES string of the molecule is CC(=O)N[C@H]1C(OC(=O)c2ccccc2)[C@@H](OC(=O)c2ccccc2)C(COC(=O)c2ccccc2)O[C@H]1OCCCCC(=O)O. The van der Waals surface area contributed by atoms with Gasteiger partial charge in [-0.05, 0) is 49.2 Å². The summed E-state index contributed by atoms with van der Waals surface area (Å²) in [5.41, 5.74) is 0.663. The van der Waals surface area contributed by atoms with Gasteiger partial charge in [0.25, 0.3) is 0 Å². The first-order valence-electron chi connectivity index (χ1n) is 14.7. The Morgan fingerprint density at radius 3 is 1.72 bits per heavy atom. The minimum absolute atomic E-state index is 0.0262. The molecule has 12 nitrogen and oxygen atoms in total. The number of amides is 1. The van der Waals surface area contributed by atoms with Crippen molar-refractivity contribution in [3.63, 3.8) is 0 Å². The van der Waals surface area contributed by atoms with Gasteiger partial charge in [0.05, 0.1) is 16.7 Å². The van der Waals surface area contributed by atoms with Crippen LogP contribution in [0.15, 0.2) is 91.0 Å². The Hall–Kier alpha value is -5.07. The van der Waals surface area contributed by atoms with E-state index in [0.717, 1.165) is 0 Å². The average Bonchev–Trinajstić information content (AvgIpc) is 3.06. The quantitative estimate of drug-likeness (QED) is 0.151. The number of nitrogens with one attached hydrogen (secondary N) is 1. The number of rotatable bonds is 14. The molecule has 242 valence electrons. The van der Waals surface area contributed by atoms with Crippen LogP contribution < -0.4 is 5.32 Å². The number of carboxylic acid groups (broad SMARTS) is 1. The summed E-state index contributed by atoms with van der Waals surface area (Å²) in [4.78, 5) is 62.9. The fraction of sp³-hybridized carbons (Fsp3) is 0.324. The zero-order valence-electron chi connectivity index (χ0n) is 25.1. The Kier molecular flexibility index (Phi) is 12.4. The van der Waals surface area contributed by atoms with Gasteiger partial charge in [-0.1, -0.05) is 54.6 Å². The molecule has 3 aromatic rings. The highest BCUT2D eigenvalue weighted by atomic mass is 16.7. The Labute approximate surface area is 265 Å². The van der Waals surface area contributed by atoms with Gasteiger partial charge in [-0.25, -0.2) is 14.4 Å². The molecule has 2 unspecified atom stereocenters. The Bertz CT molecular complexity index is 1470. The van der Waals surface area contributed by atoms with Crippen molar-refractivity contribution in [2.75, 3.05) is 13.2 Å². The van der Waals surface area contributed by atoms with E-state index in [4.69, 9.17) is 28.8 Å². The van der Waals surface area contributed by atoms with E-state index in [0.29, 0.717) is 12.8 Å². The van der Waals surface area contributed by atoms with Crippen molar-refractivity contribution in [3.05, 3.63) is 108 Å². The number of aliphatic carboxylic acids is 1. The number of carboxylic acids is 1. The zero-order valence-corrected chi connectivity index (χ0v) is 25.1. The molecule has 0 radical (unpaired) electrons. The molecule has 0 saturated carbocycles. The van der Waals surface area contributed by atoms with Gasteiger partial charge in [-0.3, -0.25) is 9.59 Å². The second-order valence-electron chi connectivity index (χ2n) is 10.4. The number of benzene rings is 3. The first kappa shape index (κ1) is 33.8. The predicted octanol–water partition coefficient (Wildman–Crippen LogP) is 3.80. The van der Waals surface area contributed by atoms with Crippen LogP contribution in [0.25, 0.3) is 0 Å². The number of ether oxygens (including phenoxy) is 5. The number of hydrogen-bond acceptors (Lipinski definition) is 10. The second-order valence-corrected chi connectivity index (χ2v) is 10.4. The van der Waals surface area contributed by atoms with Crippen LogP contribution in [-0.4, -0.2) is 78.7 Å². The van der Waals surface area contributed by atoms with Gasteiger partial charge in [0, 0.05) is 20.0 Å². The first-order chi connectivity index (χ1) is 22.2. The number of carbonyl (C=O) groups is 5. The third-order valence-corrected chi connectivity index (χ3v) is 6.98. The molecule has 0 aromatic heterocycles. The highest BCUT2D eigenvalue weighted by Crippen LogP contribution is 2.29. The monoisotopic (exact) mass is 633 g/mol. The van der Waals surface area contributed by atoms with Crippen molar-refractivity contribution in [1.82, 2.24) is 5.32 Å². The van der Waals surface area contributed by atoms with Crippen LogP contribution in [0, 0.1) is 0 Å². The number of unbranched alkanes of at least 4 members (excludes halogenated alkanes) is 1. The molecule has 12 heteroatoms. The van der Waals surface area contributed by atoms with E-state index in [2.05, 4.69) is 5.32 Å². The van der Waals surface area contributed by atoms with Gasteiger partial charge in [0.15, 0.2) is 18.5 Å². The fourth-order valence-electron chi connectivity index (χ4n) is 4.78. The van der Waals surface area contributed by atoms with Crippen LogP contribution in [0.2, 0.25) is 0 Å². The Morgan fingerprint density at radius 2 is 1.22 bits per heavy atom. The lowest BCUT2D eigenvalue weighted by Crippen LogP contribution is -2.66. The summed E-state index contributed by atoms with van der Waals surface area (Å²) < 4.78 is 29.5. The van der Waals surface area contributed by atoms with Crippen LogP contribution in [0.1, 0.15) is 57.3 Å². The van der Waals surface area contributed by atoms with Crippen molar-refractivity contribution < 1.29 is 52.8 Å². The first-order valence-corrected chi connectivity index (χ1v) is 14.7. The smallest absolute Gasteiger partial charge is 0.338 e. The molecule has 1 amide bonds. The van der Waals surface area contributed by atoms with E-state index in [9.17, 15) is 24.0 Å². The van der Waals surface area contributed by atoms with Crippen LogP contribution in [-0.2, 0) is 33.3 Å². The van der Waals surface area contributed by atoms with E-state index in [-0.39, 0.29) is 29.7 Å². The van der Waals surface area contributed by atoms with Gasteiger partial charge >= 0.3 is 23.9 Å².